The largest absolute Gasteiger partial charge is 0.506 e. The van der Waals surface area contributed by atoms with Gasteiger partial charge in [0.2, 0.25) is 0 Å². The molecule has 1 N–H and O–H groups in total. The van der Waals surface area contributed by atoms with E-state index in [9.17, 15) is 9.90 Å². The number of hydrogen-bond acceptors (Lipinski definition) is 3. The number of carbonyl (C=O) groups is 1. The molecule has 0 atom stereocenters. The van der Waals surface area contributed by atoms with Crippen LogP contribution in [-0.2, 0) is 9.53 Å². The minimum Gasteiger partial charge on any atom is -0.506 e. The Morgan fingerprint density at radius 3 is 2.27 bits per heavy atom. The Labute approximate surface area is 183 Å². The normalized spacial score (nSPS) is 27.6. The number of benzene rings is 1. The molecule has 4 saturated carbocycles. The van der Waals surface area contributed by atoms with Crippen molar-refractivity contribution in [3.05, 3.63) is 64.2 Å². The standard InChI is InChI=1S/C26H29ClO3/c1-16(28)7-5-3-4-6-8-19-9-10-22(24(27)25(19)29)26(30-2)23-20-12-17-11-18(14-20)15-21(23)13-17/h3-10,17-18,20-21,29H,11-15H2,1-2H3/b4-3+,7-5+,8-6+,26-23?. The predicted molar refractivity (Wildman–Crippen MR) is 122 cm³/mol. The monoisotopic (exact) mass is 424 g/mol. The van der Waals surface area contributed by atoms with E-state index in [1.165, 1.54) is 50.7 Å². The molecule has 0 spiro atoms. The number of phenolic OH excluding ortho intramolecular Hbond substituents is 1. The minimum atomic E-state index is 0.00541. The lowest BCUT2D eigenvalue weighted by molar-refractivity contribution is -0.112. The average molecular weight is 425 g/mol. The third-order valence-corrected chi connectivity index (χ3v) is 7.20. The predicted octanol–water partition coefficient (Wildman–Crippen LogP) is 6.57. The van der Waals surface area contributed by atoms with Gasteiger partial charge in [-0.3, -0.25) is 4.79 Å². The van der Waals surface area contributed by atoms with E-state index in [0.717, 1.165) is 23.2 Å². The summed E-state index contributed by atoms with van der Waals surface area (Å²) in [5, 5.41) is 11.0. The van der Waals surface area contributed by atoms with Crippen LogP contribution >= 0.6 is 11.6 Å². The van der Waals surface area contributed by atoms with Crippen molar-refractivity contribution in [2.75, 3.05) is 7.11 Å². The molecule has 4 aliphatic rings. The summed E-state index contributed by atoms with van der Waals surface area (Å²) >= 11 is 6.62. The van der Waals surface area contributed by atoms with Gasteiger partial charge in [-0.1, -0.05) is 48.0 Å². The first-order valence-electron chi connectivity index (χ1n) is 10.8. The molecule has 1 aromatic rings. The van der Waals surface area contributed by atoms with Crippen molar-refractivity contribution < 1.29 is 14.6 Å². The van der Waals surface area contributed by atoms with Gasteiger partial charge in [0.1, 0.15) is 11.5 Å². The van der Waals surface area contributed by atoms with Crippen molar-refractivity contribution in [1.29, 1.82) is 0 Å². The molecule has 158 valence electrons. The van der Waals surface area contributed by atoms with Crippen LogP contribution in [0.3, 0.4) is 0 Å². The van der Waals surface area contributed by atoms with E-state index in [0.29, 0.717) is 22.4 Å². The van der Waals surface area contributed by atoms with Crippen LogP contribution in [0.1, 0.15) is 50.2 Å². The maximum Gasteiger partial charge on any atom is 0.152 e. The molecule has 4 aliphatic carbocycles. The third-order valence-electron chi connectivity index (χ3n) is 6.82. The summed E-state index contributed by atoms with van der Waals surface area (Å²) in [6.07, 6.45) is 16.8. The lowest BCUT2D eigenvalue weighted by Crippen LogP contribution is -2.40. The van der Waals surface area contributed by atoms with Crippen LogP contribution in [0.15, 0.2) is 48.1 Å². The molecular weight excluding hydrogens is 396 g/mol. The molecule has 0 aromatic heterocycles. The lowest BCUT2D eigenvalue weighted by Gasteiger charge is -2.51. The molecule has 0 aliphatic heterocycles. The first-order chi connectivity index (χ1) is 14.5. The molecule has 30 heavy (non-hydrogen) atoms. The van der Waals surface area contributed by atoms with E-state index in [4.69, 9.17) is 16.3 Å². The van der Waals surface area contributed by atoms with Crippen LogP contribution in [0.5, 0.6) is 5.75 Å². The second kappa shape index (κ2) is 8.85. The van der Waals surface area contributed by atoms with Gasteiger partial charge in [0.25, 0.3) is 0 Å². The zero-order valence-corrected chi connectivity index (χ0v) is 18.4. The number of phenols is 1. The highest BCUT2D eigenvalue weighted by atomic mass is 35.5. The topological polar surface area (TPSA) is 46.5 Å². The Bertz CT molecular complexity index is 921. The van der Waals surface area contributed by atoms with Gasteiger partial charge >= 0.3 is 0 Å². The number of aromatic hydroxyl groups is 1. The molecule has 4 fully saturated rings. The first-order valence-corrected chi connectivity index (χ1v) is 11.2. The van der Waals surface area contributed by atoms with Crippen molar-refractivity contribution in [1.82, 2.24) is 0 Å². The van der Waals surface area contributed by atoms with Crippen molar-refractivity contribution in [2.24, 2.45) is 23.7 Å². The van der Waals surface area contributed by atoms with E-state index in [1.54, 1.807) is 31.4 Å². The Kier molecular flexibility index (Phi) is 6.19. The zero-order chi connectivity index (χ0) is 21.3. The fraction of sp³-hybridized carbons (Fsp3) is 0.423. The number of rotatable bonds is 6. The van der Waals surface area contributed by atoms with Gasteiger partial charge in [-0.2, -0.15) is 0 Å². The van der Waals surface area contributed by atoms with Crippen LogP contribution < -0.4 is 0 Å². The number of ether oxygens (including phenoxy) is 1. The van der Waals surface area contributed by atoms with Crippen LogP contribution in [0.4, 0.5) is 0 Å². The van der Waals surface area contributed by atoms with Gasteiger partial charge in [0.05, 0.1) is 12.1 Å². The molecule has 4 heteroatoms. The number of hydrogen-bond donors (Lipinski definition) is 1. The van der Waals surface area contributed by atoms with Gasteiger partial charge < -0.3 is 9.84 Å². The van der Waals surface area contributed by atoms with Crippen LogP contribution in [0.2, 0.25) is 5.02 Å². The van der Waals surface area contributed by atoms with Crippen molar-refractivity contribution in [3.63, 3.8) is 0 Å². The van der Waals surface area contributed by atoms with Crippen molar-refractivity contribution in [3.8, 4) is 5.75 Å². The molecule has 0 unspecified atom stereocenters. The Hall–Kier alpha value is -2.26. The zero-order valence-electron chi connectivity index (χ0n) is 17.6. The number of halogens is 1. The first kappa shape index (κ1) is 21.0. The number of allylic oxidation sites excluding steroid dienone is 6. The van der Waals surface area contributed by atoms with Crippen molar-refractivity contribution in [2.45, 2.75) is 39.0 Å². The highest BCUT2D eigenvalue weighted by Crippen LogP contribution is 2.58. The molecule has 0 amide bonds. The Balaban J connectivity index is 1.60. The van der Waals surface area contributed by atoms with Gasteiger partial charge in [0.15, 0.2) is 5.78 Å². The minimum absolute atomic E-state index is 0.00541. The fourth-order valence-corrected chi connectivity index (χ4v) is 6.07. The number of methoxy groups -OCH3 is 1. The van der Waals surface area contributed by atoms with Crippen molar-refractivity contribution >= 4 is 29.2 Å². The summed E-state index contributed by atoms with van der Waals surface area (Å²) in [5.74, 6) is 3.90. The summed E-state index contributed by atoms with van der Waals surface area (Å²) in [7, 11) is 1.72. The van der Waals surface area contributed by atoms with Gasteiger partial charge in [-0.25, -0.2) is 0 Å². The molecular formula is C26H29ClO3. The second-order valence-corrected chi connectivity index (χ2v) is 9.25. The molecule has 3 nitrogen and oxygen atoms in total. The van der Waals surface area contributed by atoms with Crippen LogP contribution in [0, 0.1) is 23.7 Å². The molecule has 1 aromatic carbocycles. The summed E-state index contributed by atoms with van der Waals surface area (Å²) in [6, 6.07) is 3.83. The smallest absolute Gasteiger partial charge is 0.152 e. The third kappa shape index (κ3) is 4.13. The lowest BCUT2D eigenvalue weighted by atomic mass is 9.54. The molecule has 0 saturated heterocycles. The average Bonchev–Trinajstić information content (AvgIpc) is 2.70. The highest BCUT2D eigenvalue weighted by Gasteiger charge is 2.46. The van der Waals surface area contributed by atoms with Crippen LogP contribution in [-0.4, -0.2) is 18.0 Å². The van der Waals surface area contributed by atoms with Gasteiger partial charge in [0, 0.05) is 11.1 Å². The van der Waals surface area contributed by atoms with Gasteiger partial charge in [-0.05, 0) is 80.4 Å². The maximum atomic E-state index is 10.9. The van der Waals surface area contributed by atoms with E-state index < -0.39 is 0 Å². The number of carbonyl (C=O) groups excluding carboxylic acids is 1. The molecule has 4 bridgehead atoms. The van der Waals surface area contributed by atoms with E-state index in [1.807, 2.05) is 18.2 Å². The summed E-state index contributed by atoms with van der Waals surface area (Å²) in [4.78, 5) is 10.9. The summed E-state index contributed by atoms with van der Waals surface area (Å²) in [5.41, 5.74) is 2.86. The quantitative estimate of drug-likeness (QED) is 0.319. The SMILES string of the molecule is COC(=C1C2CC3CC(C2)CC1C3)c1ccc(/C=C/C=C/C=C/C(C)=O)c(O)c1Cl. The van der Waals surface area contributed by atoms with Gasteiger partial charge in [-0.15, -0.1) is 0 Å². The number of ketones is 1. The van der Waals surface area contributed by atoms with E-state index in [2.05, 4.69) is 0 Å². The maximum absolute atomic E-state index is 10.9. The Morgan fingerprint density at radius 2 is 1.67 bits per heavy atom. The summed E-state index contributed by atoms with van der Waals surface area (Å²) in [6.45, 7) is 1.51. The molecule has 5 rings (SSSR count). The molecule has 0 radical (unpaired) electrons. The van der Waals surface area contributed by atoms with Crippen LogP contribution in [0.25, 0.3) is 11.8 Å². The molecule has 0 heterocycles. The summed E-state index contributed by atoms with van der Waals surface area (Å²) < 4.78 is 5.90. The van der Waals surface area contributed by atoms with E-state index in [-0.39, 0.29) is 11.5 Å². The highest BCUT2D eigenvalue weighted by molar-refractivity contribution is 6.34. The Morgan fingerprint density at radius 1 is 1.03 bits per heavy atom. The second-order valence-electron chi connectivity index (χ2n) is 8.87. The van der Waals surface area contributed by atoms with E-state index >= 15 is 0 Å². The fourth-order valence-electron chi connectivity index (χ4n) is 5.81.